The standard InChI is InChI=1S/C21H22FN5O2S/c1-3-14-4-10-17(11-5-14)24-19(28)13-30-21-26-25-18(27(21)2)12-23-20(29)15-6-8-16(22)9-7-15/h4-11H,3,12-13H2,1-2H3,(H,23,29)(H,24,28). The second-order valence-electron chi connectivity index (χ2n) is 6.53. The average Bonchev–Trinajstić information content (AvgIpc) is 3.11. The molecule has 0 saturated heterocycles. The molecular weight excluding hydrogens is 405 g/mol. The molecule has 2 amide bonds. The van der Waals surface area contributed by atoms with Crippen LogP contribution in [0, 0.1) is 5.82 Å². The number of nitrogens with one attached hydrogen (secondary N) is 2. The normalized spacial score (nSPS) is 10.6. The quantitative estimate of drug-likeness (QED) is 0.539. The fourth-order valence-electron chi connectivity index (χ4n) is 2.64. The minimum absolute atomic E-state index is 0.140. The number of benzene rings is 2. The van der Waals surface area contributed by atoms with E-state index in [4.69, 9.17) is 0 Å². The Balaban J connectivity index is 1.50. The van der Waals surface area contributed by atoms with Crippen LogP contribution in [0.3, 0.4) is 0 Å². The zero-order valence-corrected chi connectivity index (χ0v) is 17.5. The average molecular weight is 428 g/mol. The highest BCUT2D eigenvalue weighted by Gasteiger charge is 2.13. The maximum absolute atomic E-state index is 13.0. The molecule has 9 heteroatoms. The molecule has 0 fully saturated rings. The highest BCUT2D eigenvalue weighted by atomic mass is 32.2. The first-order chi connectivity index (χ1) is 14.5. The van der Waals surface area contributed by atoms with E-state index in [1.54, 1.807) is 11.6 Å². The molecule has 0 radical (unpaired) electrons. The summed E-state index contributed by atoms with van der Waals surface area (Å²) in [5.74, 6) is -0.144. The van der Waals surface area contributed by atoms with E-state index >= 15 is 0 Å². The monoisotopic (exact) mass is 427 g/mol. The van der Waals surface area contributed by atoms with Crippen molar-refractivity contribution >= 4 is 29.3 Å². The minimum Gasteiger partial charge on any atom is -0.345 e. The zero-order valence-electron chi connectivity index (χ0n) is 16.7. The van der Waals surface area contributed by atoms with E-state index in [2.05, 4.69) is 27.8 Å². The summed E-state index contributed by atoms with van der Waals surface area (Å²) in [7, 11) is 1.77. The smallest absolute Gasteiger partial charge is 0.251 e. The Morgan fingerprint density at radius 1 is 1.07 bits per heavy atom. The third-order valence-corrected chi connectivity index (χ3v) is 5.44. The molecule has 1 aromatic heterocycles. The maximum atomic E-state index is 13.0. The molecule has 0 spiro atoms. The summed E-state index contributed by atoms with van der Waals surface area (Å²) in [6.45, 7) is 2.24. The fraction of sp³-hybridized carbons (Fsp3) is 0.238. The van der Waals surface area contributed by atoms with Crippen LogP contribution in [-0.4, -0.2) is 32.3 Å². The maximum Gasteiger partial charge on any atom is 0.251 e. The molecule has 156 valence electrons. The van der Waals surface area contributed by atoms with Crippen LogP contribution in [0.1, 0.15) is 28.7 Å². The molecule has 3 aromatic rings. The number of anilines is 1. The second kappa shape index (κ2) is 10.0. The van der Waals surface area contributed by atoms with Gasteiger partial charge < -0.3 is 15.2 Å². The number of rotatable bonds is 8. The molecule has 7 nitrogen and oxygen atoms in total. The number of thioether (sulfide) groups is 1. The summed E-state index contributed by atoms with van der Waals surface area (Å²) < 4.78 is 14.7. The fourth-order valence-corrected chi connectivity index (χ4v) is 3.37. The highest BCUT2D eigenvalue weighted by Crippen LogP contribution is 2.17. The third-order valence-electron chi connectivity index (χ3n) is 4.42. The number of hydrogen-bond donors (Lipinski definition) is 2. The number of carbonyl (C=O) groups is 2. The van der Waals surface area contributed by atoms with Crippen molar-refractivity contribution in [1.29, 1.82) is 0 Å². The molecule has 2 aromatic carbocycles. The van der Waals surface area contributed by atoms with Crippen molar-refractivity contribution in [3.63, 3.8) is 0 Å². The van der Waals surface area contributed by atoms with Crippen molar-refractivity contribution in [1.82, 2.24) is 20.1 Å². The molecule has 3 rings (SSSR count). The van der Waals surface area contributed by atoms with Gasteiger partial charge in [-0.15, -0.1) is 10.2 Å². The van der Waals surface area contributed by atoms with Gasteiger partial charge in [-0.3, -0.25) is 9.59 Å². The molecule has 0 aliphatic carbocycles. The first kappa shape index (κ1) is 21.5. The van der Waals surface area contributed by atoms with Crippen molar-refractivity contribution < 1.29 is 14.0 Å². The second-order valence-corrected chi connectivity index (χ2v) is 7.48. The Morgan fingerprint density at radius 2 is 1.77 bits per heavy atom. The molecule has 0 bridgehead atoms. The predicted octanol–water partition coefficient (Wildman–Crippen LogP) is 3.18. The van der Waals surface area contributed by atoms with Crippen LogP contribution in [-0.2, 0) is 24.8 Å². The van der Waals surface area contributed by atoms with Gasteiger partial charge in [-0.1, -0.05) is 30.8 Å². The van der Waals surface area contributed by atoms with Gasteiger partial charge in [0, 0.05) is 18.3 Å². The van der Waals surface area contributed by atoms with Crippen LogP contribution in [0.25, 0.3) is 0 Å². The van der Waals surface area contributed by atoms with Crippen molar-refractivity contribution in [3.05, 3.63) is 71.3 Å². The molecule has 30 heavy (non-hydrogen) atoms. The molecule has 1 heterocycles. The SMILES string of the molecule is CCc1ccc(NC(=O)CSc2nnc(CNC(=O)c3ccc(F)cc3)n2C)cc1. The van der Waals surface area contributed by atoms with Crippen LogP contribution in [0.2, 0.25) is 0 Å². The van der Waals surface area contributed by atoms with E-state index in [9.17, 15) is 14.0 Å². The minimum atomic E-state index is -0.400. The Morgan fingerprint density at radius 3 is 2.43 bits per heavy atom. The van der Waals surface area contributed by atoms with Crippen LogP contribution < -0.4 is 10.6 Å². The van der Waals surface area contributed by atoms with Gasteiger partial charge in [-0.05, 0) is 48.4 Å². The molecular formula is C21H22FN5O2S. The number of aromatic nitrogens is 3. The van der Waals surface area contributed by atoms with Crippen molar-refractivity contribution in [2.24, 2.45) is 7.05 Å². The van der Waals surface area contributed by atoms with E-state index in [-0.39, 0.29) is 24.1 Å². The van der Waals surface area contributed by atoms with Crippen LogP contribution in [0.15, 0.2) is 53.7 Å². The van der Waals surface area contributed by atoms with Crippen LogP contribution in [0.4, 0.5) is 10.1 Å². The summed E-state index contributed by atoms with van der Waals surface area (Å²) in [4.78, 5) is 24.3. The summed E-state index contributed by atoms with van der Waals surface area (Å²) in [5, 5.41) is 14.3. The molecule has 0 atom stereocenters. The molecule has 0 aliphatic rings. The van der Waals surface area contributed by atoms with E-state index in [1.807, 2.05) is 24.3 Å². The lowest BCUT2D eigenvalue weighted by Crippen LogP contribution is -2.24. The Kier molecular flexibility index (Phi) is 7.18. The van der Waals surface area contributed by atoms with Gasteiger partial charge in [-0.2, -0.15) is 0 Å². The molecule has 2 N–H and O–H groups in total. The van der Waals surface area contributed by atoms with E-state index in [1.165, 1.54) is 41.6 Å². The van der Waals surface area contributed by atoms with Gasteiger partial charge in [0.05, 0.1) is 12.3 Å². The topological polar surface area (TPSA) is 88.9 Å². The lowest BCUT2D eigenvalue weighted by Gasteiger charge is -2.07. The van der Waals surface area contributed by atoms with Gasteiger partial charge in [0.25, 0.3) is 5.91 Å². The number of carbonyl (C=O) groups excluding carboxylic acids is 2. The first-order valence-electron chi connectivity index (χ1n) is 9.40. The van der Waals surface area contributed by atoms with Crippen LogP contribution in [0.5, 0.6) is 0 Å². The Bertz CT molecular complexity index is 1020. The highest BCUT2D eigenvalue weighted by molar-refractivity contribution is 7.99. The van der Waals surface area contributed by atoms with E-state index in [0.29, 0.717) is 16.5 Å². The van der Waals surface area contributed by atoms with Gasteiger partial charge in [-0.25, -0.2) is 4.39 Å². The lowest BCUT2D eigenvalue weighted by molar-refractivity contribution is -0.113. The van der Waals surface area contributed by atoms with Gasteiger partial charge in [0.2, 0.25) is 5.91 Å². The largest absolute Gasteiger partial charge is 0.345 e. The predicted molar refractivity (Wildman–Crippen MR) is 114 cm³/mol. The Labute approximate surface area is 178 Å². The molecule has 0 saturated carbocycles. The van der Waals surface area contributed by atoms with Gasteiger partial charge >= 0.3 is 0 Å². The summed E-state index contributed by atoms with van der Waals surface area (Å²) in [5.41, 5.74) is 2.32. The molecule has 0 aliphatic heterocycles. The third kappa shape index (κ3) is 5.66. The van der Waals surface area contributed by atoms with Crippen molar-refractivity contribution in [2.45, 2.75) is 25.0 Å². The van der Waals surface area contributed by atoms with E-state index in [0.717, 1.165) is 12.1 Å². The number of aryl methyl sites for hydroxylation is 1. The number of halogens is 1. The van der Waals surface area contributed by atoms with Crippen molar-refractivity contribution in [3.8, 4) is 0 Å². The number of amides is 2. The van der Waals surface area contributed by atoms with Crippen molar-refractivity contribution in [2.75, 3.05) is 11.1 Å². The molecule has 0 unspecified atom stereocenters. The first-order valence-corrected chi connectivity index (χ1v) is 10.4. The Hall–Kier alpha value is -3.20. The number of nitrogens with zero attached hydrogens (tertiary/aromatic N) is 3. The summed E-state index contributed by atoms with van der Waals surface area (Å²) in [6, 6.07) is 13.0. The van der Waals surface area contributed by atoms with E-state index < -0.39 is 5.82 Å². The summed E-state index contributed by atoms with van der Waals surface area (Å²) in [6.07, 6.45) is 0.947. The summed E-state index contributed by atoms with van der Waals surface area (Å²) >= 11 is 1.26. The van der Waals surface area contributed by atoms with Crippen LogP contribution >= 0.6 is 11.8 Å². The lowest BCUT2D eigenvalue weighted by atomic mass is 10.1. The number of hydrogen-bond acceptors (Lipinski definition) is 5. The van der Waals surface area contributed by atoms with Gasteiger partial charge in [0.15, 0.2) is 11.0 Å². The van der Waals surface area contributed by atoms with Gasteiger partial charge in [0.1, 0.15) is 5.82 Å². The zero-order chi connectivity index (χ0) is 21.5.